The Labute approximate surface area is 152 Å². The molecule has 0 aromatic heterocycles. The van der Waals surface area contributed by atoms with Crippen LogP contribution in [0.4, 0.5) is 10.5 Å². The molecule has 2 aromatic rings. The third kappa shape index (κ3) is 3.33. The molecule has 1 heterocycles. The summed E-state index contributed by atoms with van der Waals surface area (Å²) in [4.78, 5) is 48.3. The average Bonchev–Trinajstić information content (AvgIpc) is 2.60. The zero-order valence-corrected chi connectivity index (χ0v) is 13.8. The van der Waals surface area contributed by atoms with Gasteiger partial charge in [-0.15, -0.1) is 0 Å². The van der Waals surface area contributed by atoms with Crippen LogP contribution in [0.2, 0.25) is 5.02 Å². The van der Waals surface area contributed by atoms with E-state index in [0.717, 1.165) is 4.90 Å². The molecule has 0 spiro atoms. The van der Waals surface area contributed by atoms with Gasteiger partial charge in [-0.05, 0) is 41.5 Å². The lowest BCUT2D eigenvalue weighted by Gasteiger charge is -2.26. The van der Waals surface area contributed by atoms with Crippen LogP contribution in [0.5, 0.6) is 0 Å². The minimum Gasteiger partial charge on any atom is -0.545 e. The summed E-state index contributed by atoms with van der Waals surface area (Å²) in [5, 5.41) is 13.3. The van der Waals surface area contributed by atoms with E-state index in [0.29, 0.717) is 10.6 Å². The number of nitrogens with one attached hydrogen (secondary N) is 1. The first-order valence-electron chi connectivity index (χ1n) is 7.35. The first-order valence-corrected chi connectivity index (χ1v) is 7.73. The first-order chi connectivity index (χ1) is 12.4. The summed E-state index contributed by atoms with van der Waals surface area (Å²) in [5.41, 5.74) is 0.367. The van der Waals surface area contributed by atoms with Crippen LogP contribution in [-0.4, -0.2) is 23.8 Å². The largest absolute Gasteiger partial charge is 0.545 e. The van der Waals surface area contributed by atoms with Crippen molar-refractivity contribution in [2.45, 2.75) is 0 Å². The number of hydrogen-bond donors (Lipinski definition) is 1. The molecule has 2 aromatic carbocycles. The molecule has 0 unspecified atom stereocenters. The Bertz CT molecular complexity index is 949. The fraction of sp³-hybridized carbons (Fsp3) is 0. The molecule has 3 rings (SSSR count). The number of carboxylic acid groups (broad SMARTS) is 1. The van der Waals surface area contributed by atoms with Crippen molar-refractivity contribution < 1.29 is 24.3 Å². The smallest absolute Gasteiger partial charge is 0.335 e. The van der Waals surface area contributed by atoms with Gasteiger partial charge in [-0.25, -0.2) is 9.69 Å². The van der Waals surface area contributed by atoms with E-state index in [4.69, 9.17) is 11.6 Å². The first kappa shape index (κ1) is 17.4. The SMILES string of the molecule is O=C1NC(=O)N(c2ccc(Cl)cc2)C(=O)/C1=C\c1ccc(C(=O)[O-])cc1. The van der Waals surface area contributed by atoms with Crippen molar-refractivity contribution in [2.24, 2.45) is 0 Å². The van der Waals surface area contributed by atoms with E-state index in [-0.39, 0.29) is 16.8 Å². The number of urea groups is 1. The van der Waals surface area contributed by atoms with E-state index in [2.05, 4.69) is 5.32 Å². The van der Waals surface area contributed by atoms with E-state index in [1.807, 2.05) is 0 Å². The zero-order chi connectivity index (χ0) is 18.8. The molecule has 0 radical (unpaired) electrons. The third-order valence-electron chi connectivity index (χ3n) is 3.64. The summed E-state index contributed by atoms with van der Waals surface area (Å²) in [6.07, 6.45) is 1.27. The fourth-order valence-corrected chi connectivity index (χ4v) is 2.49. The third-order valence-corrected chi connectivity index (χ3v) is 3.90. The molecule has 7 nitrogen and oxygen atoms in total. The molecule has 1 saturated heterocycles. The maximum Gasteiger partial charge on any atom is 0.335 e. The molecule has 8 heteroatoms. The lowest BCUT2D eigenvalue weighted by atomic mass is 10.1. The van der Waals surface area contributed by atoms with Crippen LogP contribution in [0.15, 0.2) is 54.1 Å². The van der Waals surface area contributed by atoms with Gasteiger partial charge >= 0.3 is 6.03 Å². The minimum atomic E-state index is -1.34. The minimum absolute atomic E-state index is 0.0375. The summed E-state index contributed by atoms with van der Waals surface area (Å²) < 4.78 is 0. The van der Waals surface area contributed by atoms with Crippen molar-refractivity contribution in [1.82, 2.24) is 5.32 Å². The second kappa shape index (κ2) is 6.81. The number of anilines is 1. The topological polar surface area (TPSA) is 107 Å². The summed E-state index contributed by atoms with van der Waals surface area (Å²) in [7, 11) is 0. The normalized spacial score (nSPS) is 16.0. The number of hydrogen-bond acceptors (Lipinski definition) is 5. The van der Waals surface area contributed by atoms with Gasteiger partial charge in [-0.3, -0.25) is 14.9 Å². The molecule has 0 aliphatic carbocycles. The molecule has 0 saturated carbocycles. The van der Waals surface area contributed by atoms with Crippen molar-refractivity contribution in [3.05, 3.63) is 70.3 Å². The number of carboxylic acids is 1. The predicted molar refractivity (Wildman–Crippen MR) is 91.2 cm³/mol. The second-order valence-corrected chi connectivity index (χ2v) is 5.78. The van der Waals surface area contributed by atoms with Gasteiger partial charge in [0, 0.05) is 5.02 Å². The Morgan fingerprint density at radius 1 is 1.00 bits per heavy atom. The van der Waals surface area contributed by atoms with Crippen LogP contribution >= 0.6 is 11.6 Å². The molecule has 4 amide bonds. The van der Waals surface area contributed by atoms with Crippen molar-refractivity contribution in [3.63, 3.8) is 0 Å². The Morgan fingerprint density at radius 3 is 2.19 bits per heavy atom. The average molecular weight is 370 g/mol. The second-order valence-electron chi connectivity index (χ2n) is 5.34. The van der Waals surface area contributed by atoms with Gasteiger partial charge in [0.1, 0.15) is 5.57 Å². The highest BCUT2D eigenvalue weighted by Crippen LogP contribution is 2.23. The van der Waals surface area contributed by atoms with Gasteiger partial charge in [0.05, 0.1) is 11.7 Å². The molecule has 26 heavy (non-hydrogen) atoms. The Balaban J connectivity index is 1.96. The molecule has 130 valence electrons. The van der Waals surface area contributed by atoms with Crippen molar-refractivity contribution in [3.8, 4) is 0 Å². The van der Waals surface area contributed by atoms with Gasteiger partial charge in [-0.2, -0.15) is 0 Å². The number of carbonyl (C=O) groups is 4. The predicted octanol–water partition coefficient (Wildman–Crippen LogP) is 1.37. The number of benzene rings is 2. The van der Waals surface area contributed by atoms with Crippen molar-refractivity contribution in [2.75, 3.05) is 4.90 Å². The van der Waals surface area contributed by atoms with Crippen LogP contribution in [0.3, 0.4) is 0 Å². The van der Waals surface area contributed by atoms with E-state index >= 15 is 0 Å². The standard InChI is InChI=1S/C18H11ClN2O5/c19-12-5-7-13(8-6-12)21-16(23)14(15(22)20-18(21)26)9-10-1-3-11(4-2-10)17(24)25/h1-9H,(H,24,25)(H,20,22,26)/p-1/b14-9-. The zero-order valence-electron chi connectivity index (χ0n) is 13.1. The summed E-state index contributed by atoms with van der Waals surface area (Å²) in [6.45, 7) is 0. The van der Waals surface area contributed by atoms with Crippen molar-refractivity contribution in [1.29, 1.82) is 0 Å². The molecule has 0 bridgehead atoms. The van der Waals surface area contributed by atoms with Crippen molar-refractivity contribution >= 4 is 47.2 Å². The number of nitrogens with zero attached hydrogens (tertiary/aromatic N) is 1. The number of aromatic carboxylic acids is 1. The Hall–Kier alpha value is -3.45. The quantitative estimate of drug-likeness (QED) is 0.649. The number of carbonyl (C=O) groups excluding carboxylic acids is 4. The van der Waals surface area contributed by atoms with Gasteiger partial charge in [0.25, 0.3) is 11.8 Å². The summed E-state index contributed by atoms with van der Waals surface area (Å²) >= 11 is 5.80. The van der Waals surface area contributed by atoms with Crippen LogP contribution in [0.25, 0.3) is 6.08 Å². The van der Waals surface area contributed by atoms with Gasteiger partial charge in [-0.1, -0.05) is 35.9 Å². The summed E-state index contributed by atoms with van der Waals surface area (Å²) in [5.74, 6) is -2.98. The highest BCUT2D eigenvalue weighted by atomic mass is 35.5. The number of rotatable bonds is 3. The summed E-state index contributed by atoms with van der Waals surface area (Å²) in [6, 6.07) is 10.5. The molecular weight excluding hydrogens is 360 g/mol. The molecule has 0 atom stereocenters. The van der Waals surface area contributed by atoms with Crippen LogP contribution in [0, 0.1) is 0 Å². The lowest BCUT2D eigenvalue weighted by Crippen LogP contribution is -2.54. The molecule has 1 N–H and O–H groups in total. The molecule has 1 fully saturated rings. The number of imide groups is 2. The number of halogens is 1. The maximum atomic E-state index is 12.7. The Morgan fingerprint density at radius 2 is 1.62 bits per heavy atom. The fourth-order valence-electron chi connectivity index (χ4n) is 2.36. The van der Waals surface area contributed by atoms with Gasteiger partial charge in [0.15, 0.2) is 0 Å². The Kier molecular flexibility index (Phi) is 4.55. The van der Waals surface area contributed by atoms with E-state index < -0.39 is 23.8 Å². The van der Waals surface area contributed by atoms with Crippen LogP contribution < -0.4 is 15.3 Å². The number of amides is 4. The van der Waals surface area contributed by atoms with E-state index in [1.54, 1.807) is 0 Å². The number of barbiturate groups is 1. The monoisotopic (exact) mass is 369 g/mol. The van der Waals surface area contributed by atoms with Crippen LogP contribution in [0.1, 0.15) is 15.9 Å². The van der Waals surface area contributed by atoms with E-state index in [9.17, 15) is 24.3 Å². The molecular formula is C18H10ClN2O5-. The van der Waals surface area contributed by atoms with Gasteiger partial charge in [0.2, 0.25) is 0 Å². The molecule has 1 aliphatic heterocycles. The highest BCUT2D eigenvalue weighted by molar-refractivity contribution is 6.39. The van der Waals surface area contributed by atoms with Gasteiger partial charge < -0.3 is 9.90 Å². The van der Waals surface area contributed by atoms with Crippen LogP contribution in [-0.2, 0) is 9.59 Å². The van der Waals surface area contributed by atoms with E-state index in [1.165, 1.54) is 54.6 Å². The lowest BCUT2D eigenvalue weighted by molar-refractivity contribution is -0.255. The molecule has 1 aliphatic rings. The maximum absolute atomic E-state index is 12.7. The highest BCUT2D eigenvalue weighted by Gasteiger charge is 2.36.